The van der Waals surface area contributed by atoms with Gasteiger partial charge in [0.2, 0.25) is 0 Å². The van der Waals surface area contributed by atoms with E-state index in [1.165, 1.54) is 18.2 Å². The summed E-state index contributed by atoms with van der Waals surface area (Å²) in [5, 5.41) is 20.3. The molecule has 2 rings (SSSR count). The first kappa shape index (κ1) is 18.8. The highest BCUT2D eigenvalue weighted by Crippen LogP contribution is 2.29. The van der Waals surface area contributed by atoms with Crippen molar-refractivity contribution in [1.29, 1.82) is 0 Å². The first-order valence-electron chi connectivity index (χ1n) is 7.49. The van der Waals surface area contributed by atoms with Crippen LogP contribution in [0.2, 0.25) is 0 Å². The molecular weight excluding hydrogens is 342 g/mol. The lowest BCUT2D eigenvalue weighted by atomic mass is 10.1. The quantitative estimate of drug-likeness (QED) is 0.337. The van der Waals surface area contributed by atoms with Gasteiger partial charge in [-0.3, -0.25) is 10.0 Å². The predicted molar refractivity (Wildman–Crippen MR) is 99.8 cm³/mol. The van der Waals surface area contributed by atoms with Crippen LogP contribution in [0.4, 0.5) is 11.4 Å². The summed E-state index contributed by atoms with van der Waals surface area (Å²) < 4.78 is 5.24. The molecule has 0 unspecified atom stereocenters. The third-order valence-corrected chi connectivity index (χ3v) is 3.93. The summed E-state index contributed by atoms with van der Waals surface area (Å²) in [5.74, 6) is 0.0107. The van der Waals surface area contributed by atoms with Gasteiger partial charge in [0.1, 0.15) is 5.75 Å². The number of anilines is 1. The number of carbonyl (C=O) groups is 1. The molecule has 0 aliphatic carbocycles. The van der Waals surface area contributed by atoms with Crippen molar-refractivity contribution >= 4 is 34.1 Å². The number of amidine groups is 1. The van der Waals surface area contributed by atoms with Crippen LogP contribution < -0.4 is 15.7 Å². The standard InChI is InChI=1S/C17H18N3O4S/c1-2-24-16-9-8-12(10-14(16)20(22)23)15(21)11-25-17(18)19-13-6-4-3-5-7-13/h3-10,22H,2,11H2,1H3,(H2,18,19)/q-1. The van der Waals surface area contributed by atoms with Crippen LogP contribution in [-0.2, 0) is 0 Å². The summed E-state index contributed by atoms with van der Waals surface area (Å²) in [6, 6.07) is 13.4. The molecule has 0 aromatic heterocycles. The molecule has 25 heavy (non-hydrogen) atoms. The first-order chi connectivity index (χ1) is 12.0. The van der Waals surface area contributed by atoms with Gasteiger partial charge >= 0.3 is 0 Å². The van der Waals surface area contributed by atoms with Gasteiger partial charge in [-0.2, -0.15) is 0 Å². The first-order valence-corrected chi connectivity index (χ1v) is 8.48. The largest absolute Gasteiger partial charge is 0.733 e. The van der Waals surface area contributed by atoms with Crippen molar-refractivity contribution in [3.05, 3.63) is 59.3 Å². The topological polar surface area (TPSA) is 111 Å². The number of Topliss-reactive ketones (excluding diaryl/α,β-unsaturated/α-hetero) is 1. The zero-order valence-electron chi connectivity index (χ0n) is 13.6. The molecular formula is C17H18N3O4S-. The second kappa shape index (κ2) is 9.07. The third kappa shape index (κ3) is 5.49. The number of hydrogen-bond acceptors (Lipinski definition) is 7. The SMILES string of the molecule is CCOc1ccc(C(=O)CSC(N)=Nc2ccccc2)cc1N([O-])O. The van der Waals surface area contributed by atoms with Gasteiger partial charge in [-0.05, 0) is 37.3 Å². The number of ether oxygens (including phenoxy) is 1. The molecule has 8 heteroatoms. The molecule has 0 atom stereocenters. The molecule has 0 aliphatic heterocycles. The zero-order chi connectivity index (χ0) is 18.2. The highest BCUT2D eigenvalue weighted by atomic mass is 32.2. The molecule has 2 aromatic carbocycles. The zero-order valence-corrected chi connectivity index (χ0v) is 14.4. The highest BCUT2D eigenvalue weighted by molar-refractivity contribution is 8.14. The summed E-state index contributed by atoms with van der Waals surface area (Å²) in [4.78, 5) is 16.5. The Hall–Kier alpha value is -2.55. The van der Waals surface area contributed by atoms with E-state index in [-0.39, 0.29) is 38.9 Å². The summed E-state index contributed by atoms with van der Waals surface area (Å²) in [7, 11) is 0. The van der Waals surface area contributed by atoms with Crippen molar-refractivity contribution in [1.82, 2.24) is 0 Å². The van der Waals surface area contributed by atoms with Crippen LogP contribution in [0.1, 0.15) is 17.3 Å². The van der Waals surface area contributed by atoms with Crippen LogP contribution in [0.5, 0.6) is 5.75 Å². The number of aliphatic imine (C=N–C) groups is 1. The van der Waals surface area contributed by atoms with E-state index in [0.717, 1.165) is 11.8 Å². The van der Waals surface area contributed by atoms with E-state index in [1.807, 2.05) is 18.2 Å². The molecule has 132 valence electrons. The maximum atomic E-state index is 12.3. The minimum atomic E-state index is -0.319. The van der Waals surface area contributed by atoms with Gasteiger partial charge in [0.15, 0.2) is 11.0 Å². The smallest absolute Gasteiger partial charge is 0.173 e. The molecule has 0 saturated heterocycles. The third-order valence-electron chi connectivity index (χ3n) is 3.13. The number of thioether (sulfide) groups is 1. The summed E-state index contributed by atoms with van der Waals surface area (Å²) >= 11 is 1.10. The molecule has 0 heterocycles. The second-order valence-electron chi connectivity index (χ2n) is 4.89. The number of hydrogen-bond donors (Lipinski definition) is 2. The Morgan fingerprint density at radius 1 is 1.32 bits per heavy atom. The minimum absolute atomic E-state index is 0.0554. The molecule has 0 aliphatic rings. The molecule has 2 aromatic rings. The number of carbonyl (C=O) groups excluding carboxylic acids is 1. The summed E-state index contributed by atoms with van der Waals surface area (Å²) in [5.41, 5.74) is 6.67. The molecule has 0 spiro atoms. The van der Waals surface area contributed by atoms with Crippen LogP contribution in [0.25, 0.3) is 0 Å². The van der Waals surface area contributed by atoms with Crippen LogP contribution in [0.3, 0.4) is 0 Å². The summed E-state index contributed by atoms with van der Waals surface area (Å²) in [6.45, 7) is 2.08. The fourth-order valence-corrected chi connectivity index (χ4v) is 2.62. The monoisotopic (exact) mass is 360 g/mol. The van der Waals surface area contributed by atoms with Gasteiger partial charge < -0.3 is 20.9 Å². The molecule has 0 saturated carbocycles. The minimum Gasteiger partial charge on any atom is -0.733 e. The van der Waals surface area contributed by atoms with E-state index in [9.17, 15) is 10.0 Å². The number of nitrogens with two attached hydrogens (primary N) is 1. The normalized spacial score (nSPS) is 11.2. The Kier molecular flexibility index (Phi) is 6.81. The Balaban J connectivity index is 2.05. The van der Waals surface area contributed by atoms with E-state index in [2.05, 4.69) is 4.99 Å². The van der Waals surface area contributed by atoms with E-state index in [4.69, 9.17) is 15.7 Å². The van der Waals surface area contributed by atoms with Crippen molar-refractivity contribution in [3.8, 4) is 5.75 Å². The Bertz CT molecular complexity index is 751. The van der Waals surface area contributed by atoms with Crippen molar-refractivity contribution < 1.29 is 14.7 Å². The second-order valence-corrected chi connectivity index (χ2v) is 5.88. The van der Waals surface area contributed by atoms with Crippen LogP contribution >= 0.6 is 11.8 Å². The Morgan fingerprint density at radius 3 is 2.68 bits per heavy atom. The lowest BCUT2D eigenvalue weighted by Crippen LogP contribution is -2.13. The number of para-hydroxylation sites is 1. The number of ketones is 1. The van der Waals surface area contributed by atoms with Crippen molar-refractivity contribution in [2.75, 3.05) is 17.6 Å². The maximum Gasteiger partial charge on any atom is 0.173 e. The molecule has 0 bridgehead atoms. The van der Waals surface area contributed by atoms with Crippen LogP contribution in [0.15, 0.2) is 53.5 Å². The Morgan fingerprint density at radius 2 is 2.04 bits per heavy atom. The number of nitrogens with zero attached hydrogens (tertiary/aromatic N) is 2. The Labute approximate surface area is 149 Å². The van der Waals surface area contributed by atoms with Crippen molar-refractivity contribution in [2.24, 2.45) is 10.7 Å². The van der Waals surface area contributed by atoms with Crippen LogP contribution in [-0.4, -0.2) is 28.5 Å². The summed E-state index contributed by atoms with van der Waals surface area (Å²) in [6.07, 6.45) is 0. The predicted octanol–water partition coefficient (Wildman–Crippen LogP) is 3.34. The van der Waals surface area contributed by atoms with Gasteiger partial charge in [-0.15, -0.1) is 0 Å². The van der Waals surface area contributed by atoms with Gasteiger partial charge in [-0.1, -0.05) is 30.0 Å². The maximum absolute atomic E-state index is 12.3. The van der Waals surface area contributed by atoms with E-state index >= 15 is 0 Å². The number of rotatable bonds is 7. The molecule has 0 radical (unpaired) electrons. The average molecular weight is 360 g/mol. The van der Waals surface area contributed by atoms with E-state index < -0.39 is 0 Å². The fourth-order valence-electron chi connectivity index (χ4n) is 2.00. The molecule has 0 amide bonds. The molecule has 3 N–H and O–H groups in total. The van der Waals surface area contributed by atoms with Gasteiger partial charge in [0.25, 0.3) is 0 Å². The average Bonchev–Trinajstić information content (AvgIpc) is 2.61. The highest BCUT2D eigenvalue weighted by Gasteiger charge is 2.12. The molecule has 7 nitrogen and oxygen atoms in total. The van der Waals surface area contributed by atoms with Crippen molar-refractivity contribution in [2.45, 2.75) is 6.92 Å². The fraction of sp³-hybridized carbons (Fsp3) is 0.176. The number of benzene rings is 2. The van der Waals surface area contributed by atoms with Crippen LogP contribution in [0, 0.1) is 5.21 Å². The van der Waals surface area contributed by atoms with Crippen molar-refractivity contribution in [3.63, 3.8) is 0 Å². The molecule has 0 fully saturated rings. The van der Waals surface area contributed by atoms with Gasteiger partial charge in [0, 0.05) is 5.56 Å². The lowest BCUT2D eigenvalue weighted by molar-refractivity contribution is 0.102. The van der Waals surface area contributed by atoms with E-state index in [1.54, 1.807) is 19.1 Å². The van der Waals surface area contributed by atoms with E-state index in [0.29, 0.717) is 12.3 Å². The van der Waals surface area contributed by atoms with Gasteiger partial charge in [0.05, 0.1) is 23.7 Å². The lowest BCUT2D eigenvalue weighted by Gasteiger charge is -2.24. The van der Waals surface area contributed by atoms with Gasteiger partial charge in [-0.25, -0.2) is 4.99 Å².